The first-order valence-corrected chi connectivity index (χ1v) is 4.69. The van der Waals surface area contributed by atoms with E-state index in [0.717, 1.165) is 12.8 Å². The molecule has 0 amide bonds. The summed E-state index contributed by atoms with van der Waals surface area (Å²) in [5.74, 6) is -0.745. The van der Waals surface area contributed by atoms with Crippen molar-refractivity contribution < 1.29 is 14.7 Å². The summed E-state index contributed by atoms with van der Waals surface area (Å²) in [6.45, 7) is 0.688. The first kappa shape index (κ1) is 8.69. The Bertz CT molecular complexity index is 251. The van der Waals surface area contributed by atoms with Crippen LogP contribution in [-0.2, 0) is 9.59 Å². The van der Waals surface area contributed by atoms with E-state index in [1.54, 1.807) is 0 Å². The number of carbonyl (C=O) groups is 2. The van der Waals surface area contributed by atoms with Crippen molar-refractivity contribution in [3.8, 4) is 0 Å². The third kappa shape index (κ3) is 1.35. The van der Waals surface area contributed by atoms with Crippen LogP contribution in [0.5, 0.6) is 0 Å². The van der Waals surface area contributed by atoms with E-state index in [1.165, 1.54) is 0 Å². The highest BCUT2D eigenvalue weighted by atomic mass is 16.4. The lowest BCUT2D eigenvalue weighted by Crippen LogP contribution is -2.40. The summed E-state index contributed by atoms with van der Waals surface area (Å²) < 4.78 is 0. The lowest BCUT2D eigenvalue weighted by Gasteiger charge is -2.24. The molecule has 1 heterocycles. The zero-order valence-corrected chi connectivity index (χ0v) is 7.32. The molecule has 13 heavy (non-hydrogen) atoms. The highest BCUT2D eigenvalue weighted by Crippen LogP contribution is 2.33. The molecule has 2 fully saturated rings. The molecule has 2 N–H and O–H groups in total. The number of Topliss-reactive ketones (excluding diaryl/α,β-unsaturated/α-hetero) is 1. The summed E-state index contributed by atoms with van der Waals surface area (Å²) in [4.78, 5) is 22.3. The molecular formula is C9H13NO3. The van der Waals surface area contributed by atoms with Crippen LogP contribution in [0.15, 0.2) is 0 Å². The molecule has 3 atom stereocenters. The van der Waals surface area contributed by atoms with Crippen molar-refractivity contribution in [2.75, 3.05) is 6.54 Å². The van der Waals surface area contributed by atoms with E-state index in [9.17, 15) is 9.59 Å². The molecule has 2 aliphatic rings. The lowest BCUT2D eigenvalue weighted by atomic mass is 9.77. The maximum absolute atomic E-state index is 11.5. The summed E-state index contributed by atoms with van der Waals surface area (Å²) in [7, 11) is 0. The fourth-order valence-electron chi connectivity index (χ4n) is 2.48. The maximum Gasteiger partial charge on any atom is 0.321 e. The van der Waals surface area contributed by atoms with Gasteiger partial charge >= 0.3 is 5.97 Å². The molecule has 0 unspecified atom stereocenters. The van der Waals surface area contributed by atoms with E-state index in [4.69, 9.17) is 5.11 Å². The molecule has 0 aromatic heterocycles. The zero-order valence-electron chi connectivity index (χ0n) is 7.32. The summed E-state index contributed by atoms with van der Waals surface area (Å²) >= 11 is 0. The quantitative estimate of drug-likeness (QED) is 0.601. The highest BCUT2D eigenvalue weighted by Gasteiger charge is 2.45. The third-order valence-corrected chi connectivity index (χ3v) is 3.10. The number of nitrogens with one attached hydrogen (secondary N) is 1. The average molecular weight is 183 g/mol. The normalized spacial score (nSPS) is 38.8. The number of aliphatic carboxylic acids is 1. The van der Waals surface area contributed by atoms with Crippen LogP contribution >= 0.6 is 0 Å². The van der Waals surface area contributed by atoms with E-state index in [-0.39, 0.29) is 17.6 Å². The molecule has 4 nitrogen and oxygen atoms in total. The van der Waals surface area contributed by atoms with Crippen LogP contribution in [-0.4, -0.2) is 29.4 Å². The second-order valence-electron chi connectivity index (χ2n) is 3.87. The summed E-state index contributed by atoms with van der Waals surface area (Å²) in [5.41, 5.74) is 0. The smallest absolute Gasteiger partial charge is 0.321 e. The van der Waals surface area contributed by atoms with Crippen molar-refractivity contribution in [2.24, 2.45) is 11.8 Å². The number of fused-ring (bicyclic) bond motifs is 1. The molecule has 0 spiro atoms. The number of ketones is 1. The van der Waals surface area contributed by atoms with E-state index in [2.05, 4.69) is 5.32 Å². The molecule has 2 rings (SSSR count). The minimum absolute atomic E-state index is 0.133. The Balaban J connectivity index is 2.18. The van der Waals surface area contributed by atoms with Crippen LogP contribution in [0.25, 0.3) is 0 Å². The second kappa shape index (κ2) is 3.10. The molecule has 72 valence electrons. The van der Waals surface area contributed by atoms with Gasteiger partial charge < -0.3 is 10.4 Å². The van der Waals surface area contributed by atoms with Crippen LogP contribution in [0.4, 0.5) is 0 Å². The van der Waals surface area contributed by atoms with Gasteiger partial charge in [0.1, 0.15) is 11.8 Å². The van der Waals surface area contributed by atoms with Gasteiger partial charge in [0.2, 0.25) is 0 Å². The average Bonchev–Trinajstić information content (AvgIpc) is 2.49. The van der Waals surface area contributed by atoms with Crippen molar-refractivity contribution in [2.45, 2.75) is 25.3 Å². The fraction of sp³-hybridized carbons (Fsp3) is 0.778. The molecule has 1 aliphatic carbocycles. The number of rotatable bonds is 1. The molecule has 0 bridgehead atoms. The van der Waals surface area contributed by atoms with Gasteiger partial charge in [-0.2, -0.15) is 0 Å². The van der Waals surface area contributed by atoms with Crippen LogP contribution in [0.3, 0.4) is 0 Å². The first-order valence-electron chi connectivity index (χ1n) is 4.69. The van der Waals surface area contributed by atoms with Crippen LogP contribution in [0.2, 0.25) is 0 Å². The fourth-order valence-corrected chi connectivity index (χ4v) is 2.48. The van der Waals surface area contributed by atoms with Crippen molar-refractivity contribution in [1.29, 1.82) is 0 Å². The minimum atomic E-state index is -0.886. The third-order valence-electron chi connectivity index (χ3n) is 3.10. The van der Waals surface area contributed by atoms with Crippen LogP contribution < -0.4 is 5.32 Å². The van der Waals surface area contributed by atoms with Crippen molar-refractivity contribution in [1.82, 2.24) is 5.32 Å². The van der Waals surface area contributed by atoms with Gasteiger partial charge in [-0.1, -0.05) is 0 Å². The molecule has 1 aliphatic heterocycles. The van der Waals surface area contributed by atoms with Crippen LogP contribution in [0, 0.1) is 11.8 Å². The molecule has 0 radical (unpaired) electrons. The van der Waals surface area contributed by atoms with Gasteiger partial charge in [-0.15, -0.1) is 0 Å². The monoisotopic (exact) mass is 183 g/mol. The Hall–Kier alpha value is -0.900. The van der Waals surface area contributed by atoms with E-state index < -0.39 is 12.0 Å². The van der Waals surface area contributed by atoms with E-state index >= 15 is 0 Å². The Morgan fingerprint density at radius 3 is 3.00 bits per heavy atom. The molecule has 0 aromatic carbocycles. The number of carboxylic acids is 1. The molecule has 0 aromatic rings. The summed E-state index contributed by atoms with van der Waals surface area (Å²) in [5, 5.41) is 11.8. The summed E-state index contributed by atoms with van der Waals surface area (Å²) in [6.07, 6.45) is 2.48. The van der Waals surface area contributed by atoms with Gasteiger partial charge in [0, 0.05) is 12.3 Å². The molecular weight excluding hydrogens is 170 g/mol. The minimum Gasteiger partial charge on any atom is -0.480 e. The predicted octanol–water partition coefficient (Wildman–Crippen LogP) is 0.0282. The van der Waals surface area contributed by atoms with Crippen LogP contribution in [0.1, 0.15) is 19.3 Å². The Kier molecular flexibility index (Phi) is 2.07. The van der Waals surface area contributed by atoms with Crippen molar-refractivity contribution in [3.05, 3.63) is 0 Å². The Morgan fingerprint density at radius 2 is 2.31 bits per heavy atom. The maximum atomic E-state index is 11.5. The molecule has 1 saturated carbocycles. The van der Waals surface area contributed by atoms with E-state index in [1.807, 2.05) is 0 Å². The van der Waals surface area contributed by atoms with Gasteiger partial charge in [-0.05, 0) is 25.3 Å². The molecule has 4 heteroatoms. The van der Waals surface area contributed by atoms with E-state index in [0.29, 0.717) is 13.0 Å². The number of hydrogen-bond acceptors (Lipinski definition) is 3. The van der Waals surface area contributed by atoms with Gasteiger partial charge in [-0.3, -0.25) is 9.59 Å². The predicted molar refractivity (Wildman–Crippen MR) is 45.3 cm³/mol. The topological polar surface area (TPSA) is 66.4 Å². The standard InChI is InChI=1S/C9H13NO3/c11-6-3-1-2-5-4-10-8(7(5)6)9(12)13/h5,7-8,10H,1-4H2,(H,12,13)/t5-,7+,8+/m0/s1. The highest BCUT2D eigenvalue weighted by molar-refractivity contribution is 5.89. The zero-order chi connectivity index (χ0) is 9.42. The van der Waals surface area contributed by atoms with Crippen molar-refractivity contribution in [3.63, 3.8) is 0 Å². The van der Waals surface area contributed by atoms with Crippen molar-refractivity contribution >= 4 is 11.8 Å². The van der Waals surface area contributed by atoms with Gasteiger partial charge in [0.05, 0.1) is 0 Å². The number of hydrogen-bond donors (Lipinski definition) is 2. The summed E-state index contributed by atoms with van der Waals surface area (Å²) in [6, 6.07) is -0.627. The van der Waals surface area contributed by atoms with Gasteiger partial charge in [-0.25, -0.2) is 0 Å². The van der Waals surface area contributed by atoms with Gasteiger partial charge in [0.25, 0.3) is 0 Å². The first-order chi connectivity index (χ1) is 6.20. The number of carbonyl (C=O) groups excluding carboxylic acids is 1. The second-order valence-corrected chi connectivity index (χ2v) is 3.87. The van der Waals surface area contributed by atoms with Gasteiger partial charge in [0.15, 0.2) is 0 Å². The Labute approximate surface area is 76.3 Å². The lowest BCUT2D eigenvalue weighted by molar-refractivity contribution is -0.143. The Morgan fingerprint density at radius 1 is 1.54 bits per heavy atom. The SMILES string of the molecule is O=C1CCC[C@H]2CN[C@@H](C(=O)O)[C@@H]12. The largest absolute Gasteiger partial charge is 0.480 e. The molecule has 1 saturated heterocycles. The number of carboxylic acid groups (broad SMARTS) is 1.